The van der Waals surface area contributed by atoms with Crippen LogP contribution in [-0.4, -0.2) is 38.1 Å². The van der Waals surface area contributed by atoms with Crippen LogP contribution in [0.15, 0.2) is 29.6 Å². The minimum Gasteiger partial charge on any atom is -0.341 e. The molecular formula is C17H19N5OS. The Bertz CT molecular complexity index is 848. The van der Waals surface area contributed by atoms with Crippen molar-refractivity contribution >= 4 is 27.3 Å². The normalized spacial score (nSPS) is 17.5. The Morgan fingerprint density at radius 3 is 3.17 bits per heavy atom. The first-order valence-electron chi connectivity index (χ1n) is 8.17. The van der Waals surface area contributed by atoms with E-state index in [2.05, 4.69) is 39.1 Å². The lowest BCUT2D eigenvalue weighted by Crippen LogP contribution is -2.32. The van der Waals surface area contributed by atoms with Gasteiger partial charge < -0.3 is 4.90 Å². The fourth-order valence-electron chi connectivity index (χ4n) is 3.35. The number of tetrazole rings is 1. The first-order chi connectivity index (χ1) is 11.7. The second-order valence-electron chi connectivity index (χ2n) is 6.29. The van der Waals surface area contributed by atoms with Crippen molar-refractivity contribution in [3.05, 3.63) is 41.0 Å². The molecule has 4 rings (SSSR count). The molecule has 1 aromatic carbocycles. The number of aromatic nitrogens is 4. The number of rotatable bonds is 3. The molecule has 1 atom stereocenters. The van der Waals surface area contributed by atoms with Crippen LogP contribution >= 0.6 is 11.3 Å². The standard InChI is InChI=1S/C17H19N5OS/c1-21(10-13-11-24-15-5-3-2-4-14(13)15)17(23)12-6-7-16-18-19-20-22(16)9-8-12/h2-5,11-12H,6-10H2,1H3/t12-/m1/s1. The Kier molecular flexibility index (Phi) is 4.02. The number of nitrogens with zero attached hydrogens (tertiary/aromatic N) is 5. The van der Waals surface area contributed by atoms with Crippen molar-refractivity contribution in [1.29, 1.82) is 0 Å². The molecule has 3 aromatic rings. The fourth-order valence-corrected chi connectivity index (χ4v) is 4.30. The average Bonchev–Trinajstić information content (AvgIpc) is 3.17. The summed E-state index contributed by atoms with van der Waals surface area (Å²) >= 11 is 1.73. The summed E-state index contributed by atoms with van der Waals surface area (Å²) in [5.74, 6) is 1.13. The Balaban J connectivity index is 1.45. The van der Waals surface area contributed by atoms with E-state index in [1.807, 2.05) is 22.7 Å². The van der Waals surface area contributed by atoms with Gasteiger partial charge in [-0.3, -0.25) is 4.79 Å². The molecule has 1 aliphatic heterocycles. The number of fused-ring (bicyclic) bond motifs is 2. The van der Waals surface area contributed by atoms with Crippen LogP contribution in [0.1, 0.15) is 24.2 Å². The molecule has 0 unspecified atom stereocenters. The number of hydrogen-bond donors (Lipinski definition) is 0. The SMILES string of the molecule is CN(Cc1csc2ccccc12)C(=O)[C@@H]1CCc2nnnn2CC1. The molecule has 6 nitrogen and oxygen atoms in total. The predicted molar refractivity (Wildman–Crippen MR) is 92.5 cm³/mol. The molecule has 24 heavy (non-hydrogen) atoms. The van der Waals surface area contributed by atoms with Crippen molar-refractivity contribution in [2.45, 2.75) is 32.4 Å². The molecule has 124 valence electrons. The number of benzene rings is 1. The summed E-state index contributed by atoms with van der Waals surface area (Å²) in [7, 11) is 1.90. The van der Waals surface area contributed by atoms with Gasteiger partial charge in [-0.25, -0.2) is 4.68 Å². The molecule has 7 heteroatoms. The van der Waals surface area contributed by atoms with Crippen molar-refractivity contribution in [2.24, 2.45) is 5.92 Å². The zero-order chi connectivity index (χ0) is 16.5. The van der Waals surface area contributed by atoms with Gasteiger partial charge in [-0.05, 0) is 45.7 Å². The zero-order valence-electron chi connectivity index (χ0n) is 13.6. The molecule has 0 N–H and O–H groups in total. The molecule has 1 aliphatic rings. The maximum atomic E-state index is 12.8. The number of aryl methyl sites for hydroxylation is 2. The molecular weight excluding hydrogens is 322 g/mol. The van der Waals surface area contributed by atoms with Gasteiger partial charge in [0, 0.05) is 37.2 Å². The lowest BCUT2D eigenvalue weighted by molar-refractivity contribution is -0.135. The monoisotopic (exact) mass is 341 g/mol. The molecule has 0 spiro atoms. The van der Waals surface area contributed by atoms with Gasteiger partial charge in [-0.1, -0.05) is 18.2 Å². The molecule has 0 saturated heterocycles. The first kappa shape index (κ1) is 15.3. The summed E-state index contributed by atoms with van der Waals surface area (Å²) in [6, 6.07) is 8.35. The third-order valence-electron chi connectivity index (χ3n) is 4.71. The van der Waals surface area contributed by atoms with Crippen LogP contribution in [0.4, 0.5) is 0 Å². The van der Waals surface area contributed by atoms with E-state index in [1.54, 1.807) is 11.3 Å². The van der Waals surface area contributed by atoms with E-state index in [0.717, 1.165) is 25.1 Å². The molecule has 0 bridgehead atoms. The number of carbonyl (C=O) groups is 1. The Morgan fingerprint density at radius 1 is 1.38 bits per heavy atom. The lowest BCUT2D eigenvalue weighted by Gasteiger charge is -2.22. The first-order valence-corrected chi connectivity index (χ1v) is 9.05. The quantitative estimate of drug-likeness (QED) is 0.734. The highest BCUT2D eigenvalue weighted by molar-refractivity contribution is 7.17. The van der Waals surface area contributed by atoms with Crippen molar-refractivity contribution < 1.29 is 4.79 Å². The van der Waals surface area contributed by atoms with E-state index in [1.165, 1.54) is 15.6 Å². The summed E-state index contributed by atoms with van der Waals surface area (Å²) in [5, 5.41) is 15.1. The van der Waals surface area contributed by atoms with Crippen LogP contribution < -0.4 is 0 Å². The maximum absolute atomic E-state index is 12.8. The third kappa shape index (κ3) is 2.80. The van der Waals surface area contributed by atoms with E-state index in [9.17, 15) is 4.79 Å². The van der Waals surface area contributed by atoms with E-state index in [4.69, 9.17) is 0 Å². The molecule has 0 saturated carbocycles. The smallest absolute Gasteiger partial charge is 0.225 e. The Labute approximate surface area is 144 Å². The molecule has 2 aromatic heterocycles. The van der Waals surface area contributed by atoms with E-state index in [-0.39, 0.29) is 11.8 Å². The summed E-state index contributed by atoms with van der Waals surface area (Å²) in [6.07, 6.45) is 2.37. The van der Waals surface area contributed by atoms with Gasteiger partial charge in [0.25, 0.3) is 0 Å². The second-order valence-corrected chi connectivity index (χ2v) is 7.21. The van der Waals surface area contributed by atoms with E-state index >= 15 is 0 Å². The van der Waals surface area contributed by atoms with Gasteiger partial charge in [-0.15, -0.1) is 16.4 Å². The minimum atomic E-state index is 0.0309. The van der Waals surface area contributed by atoms with Gasteiger partial charge in [0.2, 0.25) is 5.91 Å². The summed E-state index contributed by atoms with van der Waals surface area (Å²) < 4.78 is 3.09. The molecule has 0 aliphatic carbocycles. The van der Waals surface area contributed by atoms with E-state index in [0.29, 0.717) is 13.1 Å². The number of carbonyl (C=O) groups excluding carboxylic acids is 1. The molecule has 1 amide bonds. The van der Waals surface area contributed by atoms with Gasteiger partial charge in [-0.2, -0.15) is 0 Å². The van der Waals surface area contributed by atoms with Gasteiger partial charge in [0.15, 0.2) is 5.82 Å². The highest BCUT2D eigenvalue weighted by atomic mass is 32.1. The Morgan fingerprint density at radius 2 is 2.25 bits per heavy atom. The Hall–Kier alpha value is -2.28. The number of amides is 1. The fraction of sp³-hybridized carbons (Fsp3) is 0.412. The minimum absolute atomic E-state index is 0.0309. The highest BCUT2D eigenvalue weighted by Crippen LogP contribution is 2.27. The van der Waals surface area contributed by atoms with Crippen molar-refractivity contribution in [3.8, 4) is 0 Å². The average molecular weight is 341 g/mol. The molecule has 0 fully saturated rings. The van der Waals surface area contributed by atoms with Crippen LogP contribution in [0.5, 0.6) is 0 Å². The largest absolute Gasteiger partial charge is 0.341 e. The van der Waals surface area contributed by atoms with Crippen molar-refractivity contribution in [1.82, 2.24) is 25.1 Å². The van der Waals surface area contributed by atoms with Crippen LogP contribution in [0.2, 0.25) is 0 Å². The van der Waals surface area contributed by atoms with Crippen LogP contribution in [-0.2, 0) is 24.3 Å². The van der Waals surface area contributed by atoms with E-state index < -0.39 is 0 Å². The van der Waals surface area contributed by atoms with Crippen LogP contribution in [0.25, 0.3) is 10.1 Å². The summed E-state index contributed by atoms with van der Waals surface area (Å²) in [5.41, 5.74) is 1.22. The second kappa shape index (κ2) is 6.32. The van der Waals surface area contributed by atoms with Gasteiger partial charge in [0.1, 0.15) is 0 Å². The van der Waals surface area contributed by atoms with Gasteiger partial charge >= 0.3 is 0 Å². The predicted octanol–water partition coefficient (Wildman–Crippen LogP) is 2.50. The zero-order valence-corrected chi connectivity index (χ0v) is 14.4. The third-order valence-corrected chi connectivity index (χ3v) is 5.72. The van der Waals surface area contributed by atoms with Crippen LogP contribution in [0.3, 0.4) is 0 Å². The summed E-state index contributed by atoms with van der Waals surface area (Å²) in [6.45, 7) is 1.37. The highest BCUT2D eigenvalue weighted by Gasteiger charge is 2.26. The van der Waals surface area contributed by atoms with Gasteiger partial charge in [0.05, 0.1) is 0 Å². The molecule has 0 radical (unpaired) electrons. The number of hydrogen-bond acceptors (Lipinski definition) is 5. The van der Waals surface area contributed by atoms with Crippen LogP contribution in [0, 0.1) is 5.92 Å². The molecule has 3 heterocycles. The maximum Gasteiger partial charge on any atom is 0.225 e. The van der Waals surface area contributed by atoms with Crippen molar-refractivity contribution in [3.63, 3.8) is 0 Å². The number of thiophene rings is 1. The topological polar surface area (TPSA) is 63.9 Å². The lowest BCUT2D eigenvalue weighted by atomic mass is 9.98. The summed E-state index contributed by atoms with van der Waals surface area (Å²) in [4.78, 5) is 14.7. The van der Waals surface area contributed by atoms with Crippen molar-refractivity contribution in [2.75, 3.05) is 7.05 Å².